The fraction of sp³-hybridized carbons (Fsp3) is 0.381. The Morgan fingerprint density at radius 3 is 2.35 bits per heavy atom. The van der Waals surface area contributed by atoms with Crippen molar-refractivity contribution < 1.29 is 4.79 Å². The lowest BCUT2D eigenvalue weighted by atomic mass is 10.1. The maximum atomic E-state index is 12.1. The summed E-state index contributed by atoms with van der Waals surface area (Å²) >= 11 is 6.00. The quantitative estimate of drug-likeness (QED) is 0.701. The lowest BCUT2D eigenvalue weighted by molar-refractivity contribution is 0.237. The van der Waals surface area contributed by atoms with Crippen LogP contribution >= 0.6 is 11.6 Å². The van der Waals surface area contributed by atoms with E-state index in [-0.39, 0.29) is 12.1 Å². The first-order valence-corrected chi connectivity index (χ1v) is 9.49. The van der Waals surface area contributed by atoms with Gasteiger partial charge in [0.1, 0.15) is 0 Å². The Labute approximate surface area is 161 Å². The standard InChI is InChI=1S/C21H28ClN3O/c1-4-25(5-2)15-18-11-9-17(10-12-18)14-23-21(26)24-16(3)19-7-6-8-20(22)13-19/h6-13,16H,4-5,14-15H2,1-3H3,(H2,23,24,26). The predicted octanol–water partition coefficient (Wildman–Crippen LogP) is 4.74. The van der Waals surface area contributed by atoms with E-state index in [2.05, 4.69) is 53.6 Å². The van der Waals surface area contributed by atoms with Gasteiger partial charge in [0.25, 0.3) is 0 Å². The lowest BCUT2D eigenvalue weighted by Gasteiger charge is -2.18. The Balaban J connectivity index is 1.81. The summed E-state index contributed by atoms with van der Waals surface area (Å²) in [5.41, 5.74) is 3.35. The van der Waals surface area contributed by atoms with Gasteiger partial charge in [-0.05, 0) is 48.8 Å². The molecule has 0 aliphatic carbocycles. The molecule has 5 heteroatoms. The number of nitrogens with one attached hydrogen (secondary N) is 2. The van der Waals surface area contributed by atoms with Crippen molar-refractivity contribution in [2.45, 2.75) is 39.9 Å². The zero-order valence-corrected chi connectivity index (χ0v) is 16.5. The summed E-state index contributed by atoms with van der Waals surface area (Å²) in [5.74, 6) is 0. The summed E-state index contributed by atoms with van der Waals surface area (Å²) in [6.07, 6.45) is 0. The highest BCUT2D eigenvalue weighted by atomic mass is 35.5. The Bertz CT molecular complexity index is 699. The van der Waals surface area contributed by atoms with E-state index in [9.17, 15) is 4.79 Å². The zero-order chi connectivity index (χ0) is 18.9. The van der Waals surface area contributed by atoms with E-state index >= 15 is 0 Å². The summed E-state index contributed by atoms with van der Waals surface area (Å²) in [5, 5.41) is 6.50. The number of hydrogen-bond acceptors (Lipinski definition) is 2. The number of hydrogen-bond donors (Lipinski definition) is 2. The Hall–Kier alpha value is -2.04. The lowest BCUT2D eigenvalue weighted by Crippen LogP contribution is -2.36. The van der Waals surface area contributed by atoms with Crippen LogP contribution in [0.15, 0.2) is 48.5 Å². The number of rotatable bonds is 8. The molecule has 0 aliphatic rings. The van der Waals surface area contributed by atoms with Crippen molar-refractivity contribution >= 4 is 17.6 Å². The third kappa shape index (κ3) is 6.36. The van der Waals surface area contributed by atoms with E-state index in [1.807, 2.05) is 31.2 Å². The normalized spacial score (nSPS) is 12.0. The molecule has 0 aromatic heterocycles. The molecule has 0 saturated heterocycles. The van der Waals surface area contributed by atoms with Crippen LogP contribution < -0.4 is 10.6 Å². The van der Waals surface area contributed by atoms with Crippen LogP contribution in [0.3, 0.4) is 0 Å². The van der Waals surface area contributed by atoms with Crippen LogP contribution in [-0.4, -0.2) is 24.0 Å². The summed E-state index contributed by atoms with van der Waals surface area (Å²) in [6, 6.07) is 15.6. The van der Waals surface area contributed by atoms with Gasteiger partial charge in [-0.3, -0.25) is 4.90 Å². The summed E-state index contributed by atoms with van der Waals surface area (Å²) in [4.78, 5) is 14.5. The maximum Gasteiger partial charge on any atom is 0.315 e. The summed E-state index contributed by atoms with van der Waals surface area (Å²) in [6.45, 7) is 9.83. The molecule has 0 saturated carbocycles. The van der Waals surface area contributed by atoms with Gasteiger partial charge >= 0.3 is 6.03 Å². The topological polar surface area (TPSA) is 44.4 Å². The van der Waals surface area contributed by atoms with Crippen LogP contribution in [0, 0.1) is 0 Å². The predicted molar refractivity (Wildman–Crippen MR) is 108 cm³/mol. The molecule has 4 nitrogen and oxygen atoms in total. The second-order valence-corrected chi connectivity index (χ2v) is 6.82. The number of benzene rings is 2. The minimum absolute atomic E-state index is 0.106. The fourth-order valence-corrected chi connectivity index (χ4v) is 2.96. The number of urea groups is 1. The molecule has 26 heavy (non-hydrogen) atoms. The molecular weight excluding hydrogens is 346 g/mol. The van der Waals surface area contributed by atoms with Crippen LogP contribution in [0.25, 0.3) is 0 Å². The highest BCUT2D eigenvalue weighted by Gasteiger charge is 2.09. The second kappa shape index (κ2) is 10.2. The molecule has 0 fully saturated rings. The van der Waals surface area contributed by atoms with Crippen molar-refractivity contribution in [3.8, 4) is 0 Å². The third-order valence-corrected chi connectivity index (χ3v) is 4.71. The average Bonchev–Trinajstić information content (AvgIpc) is 2.65. The number of halogens is 1. The van der Waals surface area contributed by atoms with Crippen molar-refractivity contribution in [1.29, 1.82) is 0 Å². The molecule has 0 bridgehead atoms. The van der Waals surface area contributed by atoms with E-state index in [1.165, 1.54) is 5.56 Å². The maximum absolute atomic E-state index is 12.1. The third-order valence-electron chi connectivity index (χ3n) is 4.47. The van der Waals surface area contributed by atoms with E-state index in [0.29, 0.717) is 11.6 Å². The smallest absolute Gasteiger partial charge is 0.315 e. The van der Waals surface area contributed by atoms with Crippen molar-refractivity contribution in [3.63, 3.8) is 0 Å². The molecule has 1 atom stereocenters. The fourth-order valence-electron chi connectivity index (χ4n) is 2.76. The van der Waals surface area contributed by atoms with Gasteiger partial charge in [0.15, 0.2) is 0 Å². The van der Waals surface area contributed by atoms with Gasteiger partial charge in [-0.1, -0.05) is 61.8 Å². The van der Waals surface area contributed by atoms with Crippen molar-refractivity contribution in [3.05, 3.63) is 70.2 Å². The second-order valence-electron chi connectivity index (χ2n) is 6.38. The van der Waals surface area contributed by atoms with Gasteiger partial charge in [-0.25, -0.2) is 4.79 Å². The van der Waals surface area contributed by atoms with E-state index in [1.54, 1.807) is 0 Å². The SMILES string of the molecule is CCN(CC)Cc1ccc(CNC(=O)NC(C)c2cccc(Cl)c2)cc1. The minimum atomic E-state index is -0.190. The van der Waals surface area contributed by atoms with Crippen molar-refractivity contribution in [2.24, 2.45) is 0 Å². The number of carbonyl (C=O) groups excluding carboxylic acids is 1. The minimum Gasteiger partial charge on any atom is -0.334 e. The first-order chi connectivity index (χ1) is 12.5. The Morgan fingerprint density at radius 1 is 1.08 bits per heavy atom. The van der Waals surface area contributed by atoms with Crippen LogP contribution in [0.4, 0.5) is 4.79 Å². The molecule has 2 N–H and O–H groups in total. The van der Waals surface area contributed by atoms with Gasteiger partial charge < -0.3 is 10.6 Å². The molecule has 140 valence electrons. The number of amides is 2. The molecular formula is C21H28ClN3O. The van der Waals surface area contributed by atoms with Crippen LogP contribution in [0.2, 0.25) is 5.02 Å². The van der Waals surface area contributed by atoms with Gasteiger partial charge in [0, 0.05) is 18.1 Å². The van der Waals surface area contributed by atoms with E-state index in [0.717, 1.165) is 30.8 Å². The van der Waals surface area contributed by atoms with E-state index in [4.69, 9.17) is 11.6 Å². The van der Waals surface area contributed by atoms with Gasteiger partial charge in [-0.15, -0.1) is 0 Å². The Kier molecular flexibility index (Phi) is 7.95. The van der Waals surface area contributed by atoms with Crippen LogP contribution in [0.5, 0.6) is 0 Å². The molecule has 2 aromatic carbocycles. The first-order valence-electron chi connectivity index (χ1n) is 9.11. The van der Waals surface area contributed by atoms with Crippen molar-refractivity contribution in [1.82, 2.24) is 15.5 Å². The molecule has 2 aromatic rings. The molecule has 2 amide bonds. The molecule has 0 radical (unpaired) electrons. The van der Waals surface area contributed by atoms with Crippen LogP contribution in [-0.2, 0) is 13.1 Å². The number of nitrogens with zero attached hydrogens (tertiary/aromatic N) is 1. The van der Waals surface area contributed by atoms with Crippen molar-refractivity contribution in [2.75, 3.05) is 13.1 Å². The molecule has 0 heterocycles. The molecule has 0 spiro atoms. The van der Waals surface area contributed by atoms with Gasteiger partial charge in [0.2, 0.25) is 0 Å². The summed E-state index contributed by atoms with van der Waals surface area (Å²) < 4.78 is 0. The Morgan fingerprint density at radius 2 is 1.73 bits per heavy atom. The first kappa shape index (κ1) is 20.3. The van der Waals surface area contributed by atoms with Gasteiger partial charge in [-0.2, -0.15) is 0 Å². The monoisotopic (exact) mass is 373 g/mol. The highest BCUT2D eigenvalue weighted by molar-refractivity contribution is 6.30. The zero-order valence-electron chi connectivity index (χ0n) is 15.8. The molecule has 0 aliphatic heterocycles. The van der Waals surface area contributed by atoms with E-state index < -0.39 is 0 Å². The number of carbonyl (C=O) groups is 1. The highest BCUT2D eigenvalue weighted by Crippen LogP contribution is 2.17. The average molecular weight is 374 g/mol. The largest absolute Gasteiger partial charge is 0.334 e. The summed E-state index contributed by atoms with van der Waals surface area (Å²) in [7, 11) is 0. The van der Waals surface area contributed by atoms with Gasteiger partial charge in [0.05, 0.1) is 6.04 Å². The van der Waals surface area contributed by atoms with Crippen LogP contribution in [0.1, 0.15) is 43.5 Å². The molecule has 1 unspecified atom stereocenters. The molecule has 2 rings (SSSR count).